The standard InChI is InChI=1S/C22H23NO9S/c1-4-30-21(27)17-13(2)18(22(28)31-10-9-29-3)33-19(17)23-16(25)12-32-20(26)15-7-5-14(11-24)6-8-15/h5-8,11H,4,9-10,12H2,1-3H3,(H,23,25). The topological polar surface area (TPSA) is 134 Å². The summed E-state index contributed by atoms with van der Waals surface area (Å²) >= 11 is 0.848. The Kier molecular flexibility index (Phi) is 9.70. The van der Waals surface area contributed by atoms with Gasteiger partial charge in [-0.1, -0.05) is 12.1 Å². The lowest BCUT2D eigenvalue weighted by atomic mass is 10.1. The van der Waals surface area contributed by atoms with Gasteiger partial charge in [0.15, 0.2) is 6.61 Å². The number of esters is 3. The first-order valence-electron chi connectivity index (χ1n) is 9.81. The maximum atomic E-state index is 12.4. The van der Waals surface area contributed by atoms with E-state index in [0.717, 1.165) is 11.3 Å². The molecule has 0 spiro atoms. The van der Waals surface area contributed by atoms with Gasteiger partial charge in [-0.05, 0) is 31.5 Å². The molecule has 10 nitrogen and oxygen atoms in total. The van der Waals surface area contributed by atoms with Crippen molar-refractivity contribution in [3.05, 3.63) is 51.4 Å². The van der Waals surface area contributed by atoms with Gasteiger partial charge in [-0.15, -0.1) is 11.3 Å². The first-order valence-corrected chi connectivity index (χ1v) is 10.6. The molecule has 0 saturated carbocycles. The summed E-state index contributed by atoms with van der Waals surface area (Å²) in [5.74, 6) is -2.88. The van der Waals surface area contributed by atoms with Gasteiger partial charge in [-0.25, -0.2) is 14.4 Å². The highest BCUT2D eigenvalue weighted by Crippen LogP contribution is 2.34. The Hall–Kier alpha value is -3.57. The van der Waals surface area contributed by atoms with E-state index in [4.69, 9.17) is 18.9 Å². The van der Waals surface area contributed by atoms with Crippen LogP contribution in [0.15, 0.2) is 24.3 Å². The molecule has 0 fully saturated rings. The minimum atomic E-state index is -0.766. The average Bonchev–Trinajstić information content (AvgIpc) is 3.13. The van der Waals surface area contributed by atoms with Crippen molar-refractivity contribution >= 4 is 46.4 Å². The molecule has 1 amide bonds. The molecule has 1 heterocycles. The minimum absolute atomic E-state index is 0.0182. The Balaban J connectivity index is 2.12. The quantitative estimate of drug-likeness (QED) is 0.224. The zero-order valence-corrected chi connectivity index (χ0v) is 19.1. The van der Waals surface area contributed by atoms with Gasteiger partial charge in [0.1, 0.15) is 22.8 Å². The second-order valence-electron chi connectivity index (χ2n) is 6.47. The summed E-state index contributed by atoms with van der Waals surface area (Å²) < 4.78 is 19.9. The van der Waals surface area contributed by atoms with Crippen LogP contribution in [0.4, 0.5) is 5.00 Å². The van der Waals surface area contributed by atoms with Gasteiger partial charge >= 0.3 is 17.9 Å². The van der Waals surface area contributed by atoms with E-state index in [-0.39, 0.29) is 40.8 Å². The third kappa shape index (κ3) is 6.96. The van der Waals surface area contributed by atoms with Crippen molar-refractivity contribution in [2.24, 2.45) is 0 Å². The summed E-state index contributed by atoms with van der Waals surface area (Å²) in [4.78, 5) is 60.1. The fourth-order valence-corrected chi connectivity index (χ4v) is 3.71. The smallest absolute Gasteiger partial charge is 0.348 e. The lowest BCUT2D eigenvalue weighted by molar-refractivity contribution is -0.119. The first kappa shape index (κ1) is 25.7. The van der Waals surface area contributed by atoms with Crippen molar-refractivity contribution in [3.8, 4) is 0 Å². The number of amides is 1. The molecule has 0 radical (unpaired) electrons. The normalized spacial score (nSPS) is 10.3. The van der Waals surface area contributed by atoms with Gasteiger partial charge in [0.25, 0.3) is 5.91 Å². The number of methoxy groups -OCH3 is 1. The van der Waals surface area contributed by atoms with Crippen molar-refractivity contribution in [2.75, 3.05) is 38.9 Å². The van der Waals surface area contributed by atoms with Crippen LogP contribution in [-0.4, -0.2) is 63.6 Å². The SMILES string of the molecule is CCOC(=O)c1c(NC(=O)COC(=O)c2ccc(C=O)cc2)sc(C(=O)OCCOC)c1C. The Morgan fingerprint density at radius 1 is 0.970 bits per heavy atom. The number of hydrogen-bond acceptors (Lipinski definition) is 10. The number of rotatable bonds is 11. The van der Waals surface area contributed by atoms with Crippen molar-refractivity contribution in [2.45, 2.75) is 13.8 Å². The van der Waals surface area contributed by atoms with Crippen LogP contribution in [0, 0.1) is 6.92 Å². The summed E-state index contributed by atoms with van der Waals surface area (Å²) in [6.45, 7) is 2.84. The Morgan fingerprint density at radius 2 is 1.67 bits per heavy atom. The fraction of sp³-hybridized carbons (Fsp3) is 0.318. The number of anilines is 1. The first-order chi connectivity index (χ1) is 15.8. The number of hydrogen-bond donors (Lipinski definition) is 1. The highest BCUT2D eigenvalue weighted by atomic mass is 32.1. The number of thiophene rings is 1. The second-order valence-corrected chi connectivity index (χ2v) is 7.49. The molecule has 0 atom stereocenters. The maximum Gasteiger partial charge on any atom is 0.348 e. The molecule has 1 aromatic carbocycles. The molecule has 33 heavy (non-hydrogen) atoms. The van der Waals surface area contributed by atoms with E-state index in [1.807, 2.05) is 0 Å². The van der Waals surface area contributed by atoms with Gasteiger partial charge in [0, 0.05) is 12.7 Å². The zero-order valence-electron chi connectivity index (χ0n) is 18.3. The van der Waals surface area contributed by atoms with E-state index >= 15 is 0 Å². The minimum Gasteiger partial charge on any atom is -0.462 e. The molecule has 0 unspecified atom stereocenters. The van der Waals surface area contributed by atoms with Crippen molar-refractivity contribution in [1.82, 2.24) is 0 Å². The summed E-state index contributed by atoms with van der Waals surface area (Å²) in [6, 6.07) is 5.67. The fourth-order valence-electron chi connectivity index (χ4n) is 2.60. The van der Waals surface area contributed by atoms with Gasteiger partial charge in [0.05, 0.1) is 24.3 Å². The van der Waals surface area contributed by atoms with E-state index in [0.29, 0.717) is 17.4 Å². The molecule has 0 aliphatic heterocycles. The number of benzene rings is 1. The molecular formula is C22H23NO9S. The lowest BCUT2D eigenvalue weighted by Gasteiger charge is -2.08. The predicted octanol–water partition coefficient (Wildman–Crippen LogP) is 2.64. The van der Waals surface area contributed by atoms with Gasteiger partial charge in [-0.3, -0.25) is 9.59 Å². The number of carbonyl (C=O) groups is 5. The Bertz CT molecular complexity index is 1030. The molecule has 1 N–H and O–H groups in total. The summed E-state index contributed by atoms with van der Waals surface area (Å²) in [5, 5.41) is 2.55. The highest BCUT2D eigenvalue weighted by Gasteiger charge is 2.27. The number of aldehydes is 1. The van der Waals surface area contributed by atoms with E-state index in [9.17, 15) is 24.0 Å². The number of nitrogens with one attached hydrogen (secondary N) is 1. The highest BCUT2D eigenvalue weighted by molar-refractivity contribution is 7.18. The summed E-state index contributed by atoms with van der Waals surface area (Å²) in [6.07, 6.45) is 0.633. The van der Waals surface area contributed by atoms with E-state index in [2.05, 4.69) is 5.32 Å². The Labute approximate surface area is 193 Å². The van der Waals surface area contributed by atoms with Crippen molar-refractivity contribution in [1.29, 1.82) is 0 Å². The molecule has 11 heteroatoms. The monoisotopic (exact) mass is 477 g/mol. The average molecular weight is 477 g/mol. The van der Waals surface area contributed by atoms with Crippen LogP contribution in [0.3, 0.4) is 0 Å². The van der Waals surface area contributed by atoms with E-state index in [1.165, 1.54) is 38.3 Å². The van der Waals surface area contributed by atoms with Gasteiger partial charge in [0.2, 0.25) is 0 Å². The summed E-state index contributed by atoms with van der Waals surface area (Å²) in [5.41, 5.74) is 0.863. The number of ether oxygens (including phenoxy) is 4. The largest absolute Gasteiger partial charge is 0.462 e. The molecular weight excluding hydrogens is 454 g/mol. The van der Waals surface area contributed by atoms with Crippen molar-refractivity contribution < 1.29 is 42.9 Å². The molecule has 0 aliphatic rings. The van der Waals surface area contributed by atoms with Crippen LogP contribution >= 0.6 is 11.3 Å². The second kappa shape index (κ2) is 12.5. The van der Waals surface area contributed by atoms with Gasteiger partial charge in [-0.2, -0.15) is 0 Å². The third-order valence-corrected chi connectivity index (χ3v) is 5.39. The Morgan fingerprint density at radius 3 is 2.27 bits per heavy atom. The third-order valence-electron chi connectivity index (χ3n) is 4.20. The molecule has 176 valence electrons. The predicted molar refractivity (Wildman–Crippen MR) is 118 cm³/mol. The molecule has 2 aromatic rings. The number of carbonyl (C=O) groups excluding carboxylic acids is 5. The zero-order chi connectivity index (χ0) is 24.4. The molecule has 1 aromatic heterocycles. The van der Waals surface area contributed by atoms with Crippen molar-refractivity contribution in [3.63, 3.8) is 0 Å². The van der Waals surface area contributed by atoms with Crippen LogP contribution in [0.2, 0.25) is 0 Å². The molecule has 2 rings (SSSR count). The van der Waals surface area contributed by atoms with Crippen LogP contribution in [-0.2, 0) is 23.7 Å². The molecule has 0 bridgehead atoms. The van der Waals surface area contributed by atoms with Crippen LogP contribution in [0.1, 0.15) is 53.2 Å². The lowest BCUT2D eigenvalue weighted by Crippen LogP contribution is -2.21. The molecule has 0 saturated heterocycles. The molecule has 0 aliphatic carbocycles. The van der Waals surface area contributed by atoms with E-state index in [1.54, 1.807) is 6.92 Å². The van der Waals surface area contributed by atoms with Crippen LogP contribution in [0.5, 0.6) is 0 Å². The van der Waals surface area contributed by atoms with Crippen LogP contribution in [0.25, 0.3) is 0 Å². The van der Waals surface area contributed by atoms with Crippen LogP contribution < -0.4 is 5.32 Å². The maximum absolute atomic E-state index is 12.4. The summed E-state index contributed by atoms with van der Waals surface area (Å²) in [7, 11) is 1.46. The van der Waals surface area contributed by atoms with Gasteiger partial charge < -0.3 is 24.3 Å². The van der Waals surface area contributed by atoms with E-state index < -0.39 is 30.4 Å².